The van der Waals surface area contributed by atoms with E-state index in [0.29, 0.717) is 17.6 Å². The lowest BCUT2D eigenvalue weighted by Gasteiger charge is -2.38. The van der Waals surface area contributed by atoms with E-state index in [4.69, 9.17) is 4.74 Å². The molecule has 1 N–H and O–H groups in total. The number of rotatable bonds is 2. The topological polar surface area (TPSA) is 82.3 Å². The van der Waals surface area contributed by atoms with Crippen LogP contribution in [0.4, 0.5) is 5.69 Å². The molecule has 21 heavy (non-hydrogen) atoms. The van der Waals surface area contributed by atoms with Crippen LogP contribution >= 0.6 is 0 Å². The van der Waals surface area contributed by atoms with Crippen LogP contribution < -0.4 is 4.90 Å². The van der Waals surface area contributed by atoms with Crippen molar-refractivity contribution in [3.05, 3.63) is 30.2 Å². The van der Waals surface area contributed by atoms with Crippen LogP contribution in [0.2, 0.25) is 0 Å². The minimum Gasteiger partial charge on any atom is -0.394 e. The second kappa shape index (κ2) is 5.64. The van der Waals surface area contributed by atoms with Crippen LogP contribution in [-0.2, 0) is 4.74 Å². The Labute approximate surface area is 122 Å². The average Bonchev–Trinajstić information content (AvgIpc) is 2.53. The van der Waals surface area contributed by atoms with Gasteiger partial charge in [0.25, 0.3) is 0 Å². The van der Waals surface area contributed by atoms with Gasteiger partial charge in [0, 0.05) is 30.4 Å². The molecule has 1 saturated heterocycles. The summed E-state index contributed by atoms with van der Waals surface area (Å²) < 4.78 is 5.67. The molecule has 0 spiro atoms. The molecule has 2 heterocycles. The first-order chi connectivity index (χ1) is 10.2. The highest BCUT2D eigenvalue weighted by Crippen LogP contribution is 2.29. The molecule has 6 nitrogen and oxygen atoms in total. The van der Waals surface area contributed by atoms with E-state index in [9.17, 15) is 10.4 Å². The molecule has 3 rings (SSSR count). The summed E-state index contributed by atoms with van der Waals surface area (Å²) in [6.45, 7) is 3.31. The molecule has 1 aliphatic rings. The normalized spacial score (nSPS) is 22.2. The highest BCUT2D eigenvalue weighted by Gasteiger charge is 2.26. The number of benzene rings is 1. The Hall–Kier alpha value is -2.23. The number of nitrogens with zero attached hydrogens (tertiary/aromatic N) is 4. The lowest BCUT2D eigenvalue weighted by atomic mass is 10.1. The van der Waals surface area contributed by atoms with E-state index in [1.807, 2.05) is 13.0 Å². The average molecular weight is 284 g/mol. The second-order valence-corrected chi connectivity index (χ2v) is 5.19. The van der Waals surface area contributed by atoms with Gasteiger partial charge >= 0.3 is 0 Å². The van der Waals surface area contributed by atoms with Gasteiger partial charge in [0.1, 0.15) is 12.4 Å². The van der Waals surface area contributed by atoms with Gasteiger partial charge in [-0.25, -0.2) is 9.97 Å². The first-order valence-electron chi connectivity index (χ1n) is 6.87. The van der Waals surface area contributed by atoms with Crippen LogP contribution in [0, 0.1) is 11.3 Å². The van der Waals surface area contributed by atoms with Gasteiger partial charge in [0.05, 0.1) is 29.9 Å². The largest absolute Gasteiger partial charge is 0.394 e. The first-order valence-corrected chi connectivity index (χ1v) is 6.87. The zero-order valence-electron chi connectivity index (χ0n) is 11.7. The Bertz CT molecular complexity index is 698. The molecular formula is C15H16N4O2. The van der Waals surface area contributed by atoms with Crippen LogP contribution in [0.3, 0.4) is 0 Å². The van der Waals surface area contributed by atoms with Crippen molar-refractivity contribution in [1.29, 1.82) is 5.26 Å². The van der Waals surface area contributed by atoms with Crippen molar-refractivity contribution in [2.75, 3.05) is 24.6 Å². The number of hydrogen-bond acceptors (Lipinski definition) is 6. The number of nitriles is 1. The second-order valence-electron chi connectivity index (χ2n) is 5.19. The standard InChI is InChI=1S/C15H16N4O2/c1-10-6-19(7-12(8-20)21-10)14-3-2-11(4-16)15-13(14)5-17-9-18-15/h2-3,5,9-10,12,20H,6-8H2,1H3/t10-,12-/m1/s1. The van der Waals surface area contributed by atoms with E-state index in [2.05, 4.69) is 20.9 Å². The number of fused-ring (bicyclic) bond motifs is 1. The van der Waals surface area contributed by atoms with Crippen molar-refractivity contribution in [2.45, 2.75) is 19.1 Å². The number of aliphatic hydroxyl groups is 1. The fourth-order valence-electron chi connectivity index (χ4n) is 2.77. The summed E-state index contributed by atoms with van der Waals surface area (Å²) >= 11 is 0. The van der Waals surface area contributed by atoms with E-state index in [1.54, 1.807) is 12.3 Å². The van der Waals surface area contributed by atoms with Gasteiger partial charge in [-0.3, -0.25) is 0 Å². The lowest BCUT2D eigenvalue weighted by Crippen LogP contribution is -2.48. The van der Waals surface area contributed by atoms with Gasteiger partial charge in [0.15, 0.2) is 0 Å². The van der Waals surface area contributed by atoms with Crippen LogP contribution in [-0.4, -0.2) is 47.0 Å². The molecule has 0 unspecified atom stereocenters. The predicted octanol–water partition coefficient (Wildman–Crippen LogP) is 1.09. The summed E-state index contributed by atoms with van der Waals surface area (Å²) in [6, 6.07) is 5.85. The third-order valence-corrected chi connectivity index (χ3v) is 3.64. The number of aromatic nitrogens is 2. The molecule has 1 aliphatic heterocycles. The van der Waals surface area contributed by atoms with Crippen LogP contribution in [0.5, 0.6) is 0 Å². The molecular weight excluding hydrogens is 268 g/mol. The molecule has 2 aromatic rings. The van der Waals surface area contributed by atoms with Gasteiger partial charge in [0.2, 0.25) is 0 Å². The van der Waals surface area contributed by atoms with Gasteiger partial charge in [-0.05, 0) is 19.1 Å². The maximum atomic E-state index is 9.35. The smallest absolute Gasteiger partial charge is 0.116 e. The van der Waals surface area contributed by atoms with E-state index in [-0.39, 0.29) is 18.8 Å². The maximum Gasteiger partial charge on any atom is 0.116 e. The van der Waals surface area contributed by atoms with Crippen molar-refractivity contribution in [1.82, 2.24) is 9.97 Å². The molecule has 0 bridgehead atoms. The summed E-state index contributed by atoms with van der Waals surface area (Å²) in [5, 5.41) is 19.4. The van der Waals surface area contributed by atoms with Gasteiger partial charge in [-0.15, -0.1) is 0 Å². The molecule has 6 heteroatoms. The van der Waals surface area contributed by atoms with Crippen LogP contribution in [0.25, 0.3) is 10.9 Å². The summed E-state index contributed by atoms with van der Waals surface area (Å²) in [5.74, 6) is 0. The zero-order chi connectivity index (χ0) is 14.8. The van der Waals surface area contributed by atoms with E-state index < -0.39 is 0 Å². The van der Waals surface area contributed by atoms with Crippen molar-refractivity contribution in [3.8, 4) is 6.07 Å². The monoisotopic (exact) mass is 284 g/mol. The molecule has 0 aliphatic carbocycles. The van der Waals surface area contributed by atoms with E-state index in [1.165, 1.54) is 6.33 Å². The lowest BCUT2D eigenvalue weighted by molar-refractivity contribution is -0.0420. The Morgan fingerprint density at radius 2 is 2.33 bits per heavy atom. The molecule has 0 saturated carbocycles. The van der Waals surface area contributed by atoms with Gasteiger partial charge < -0.3 is 14.7 Å². The molecule has 0 radical (unpaired) electrons. The molecule has 108 valence electrons. The first kappa shape index (κ1) is 13.7. The minimum absolute atomic E-state index is 0.00838. The molecule has 2 atom stereocenters. The molecule has 1 aromatic heterocycles. The fraction of sp³-hybridized carbons (Fsp3) is 0.400. The summed E-state index contributed by atoms with van der Waals surface area (Å²) in [7, 11) is 0. The van der Waals surface area contributed by atoms with Crippen molar-refractivity contribution in [2.24, 2.45) is 0 Å². The Morgan fingerprint density at radius 3 is 3.10 bits per heavy atom. The van der Waals surface area contributed by atoms with E-state index in [0.717, 1.165) is 17.6 Å². The van der Waals surface area contributed by atoms with E-state index >= 15 is 0 Å². The third-order valence-electron chi connectivity index (χ3n) is 3.64. The van der Waals surface area contributed by atoms with Crippen molar-refractivity contribution in [3.63, 3.8) is 0 Å². The number of anilines is 1. The molecule has 0 amide bonds. The SMILES string of the molecule is C[C@@H]1CN(c2ccc(C#N)c3ncncc23)C[C@H](CO)O1. The number of ether oxygens (including phenoxy) is 1. The minimum atomic E-state index is -0.205. The molecule has 1 aromatic carbocycles. The Morgan fingerprint density at radius 1 is 1.48 bits per heavy atom. The molecule has 1 fully saturated rings. The van der Waals surface area contributed by atoms with Gasteiger partial charge in [-0.2, -0.15) is 5.26 Å². The van der Waals surface area contributed by atoms with Crippen LogP contribution in [0.1, 0.15) is 12.5 Å². The number of aliphatic hydroxyl groups excluding tert-OH is 1. The summed E-state index contributed by atoms with van der Waals surface area (Å²) in [5.41, 5.74) is 2.17. The fourth-order valence-corrected chi connectivity index (χ4v) is 2.77. The summed E-state index contributed by atoms with van der Waals surface area (Å²) in [6.07, 6.45) is 3.01. The number of morpholine rings is 1. The zero-order valence-corrected chi connectivity index (χ0v) is 11.7. The van der Waals surface area contributed by atoms with Crippen LogP contribution in [0.15, 0.2) is 24.7 Å². The highest BCUT2D eigenvalue weighted by molar-refractivity contribution is 5.94. The number of hydrogen-bond donors (Lipinski definition) is 1. The van der Waals surface area contributed by atoms with Crippen molar-refractivity contribution >= 4 is 16.6 Å². The Kier molecular flexibility index (Phi) is 3.69. The maximum absolute atomic E-state index is 9.35. The van der Waals surface area contributed by atoms with Gasteiger partial charge in [-0.1, -0.05) is 0 Å². The quantitative estimate of drug-likeness (QED) is 0.889. The van der Waals surface area contributed by atoms with Crippen molar-refractivity contribution < 1.29 is 9.84 Å². The third kappa shape index (κ3) is 2.53. The highest BCUT2D eigenvalue weighted by atomic mass is 16.5. The summed E-state index contributed by atoms with van der Waals surface area (Å²) in [4.78, 5) is 10.5. The Balaban J connectivity index is 2.07. The predicted molar refractivity (Wildman–Crippen MR) is 77.9 cm³/mol.